The first-order chi connectivity index (χ1) is 9.59. The minimum atomic E-state index is 0.00976. The number of hydrogen-bond acceptors (Lipinski definition) is 4. The van der Waals surface area contributed by atoms with Crippen molar-refractivity contribution in [3.8, 4) is 5.75 Å². The predicted octanol–water partition coefficient (Wildman–Crippen LogP) is 1.66. The van der Waals surface area contributed by atoms with Crippen molar-refractivity contribution in [2.24, 2.45) is 5.73 Å². The highest BCUT2D eigenvalue weighted by atomic mass is 32.2. The first-order valence-corrected chi connectivity index (χ1v) is 8.04. The van der Waals surface area contributed by atoms with Gasteiger partial charge in [-0.3, -0.25) is 4.79 Å². The van der Waals surface area contributed by atoms with Crippen LogP contribution in [-0.2, 0) is 4.79 Å². The highest BCUT2D eigenvalue weighted by molar-refractivity contribution is 7.99. The lowest BCUT2D eigenvalue weighted by atomic mass is 10.2. The minimum absolute atomic E-state index is 0.00976. The fraction of sp³-hybridized carbons (Fsp3) is 0.429. The van der Waals surface area contributed by atoms with Crippen LogP contribution < -0.4 is 10.5 Å². The third kappa shape index (κ3) is 3.64. The average Bonchev–Trinajstić information content (AvgIpc) is 2.45. The Morgan fingerprint density at radius 2 is 2.30 bits per heavy atom. The van der Waals surface area contributed by atoms with Crippen molar-refractivity contribution in [1.82, 2.24) is 4.90 Å². The summed E-state index contributed by atoms with van der Waals surface area (Å²) in [4.78, 5) is 14.3. The van der Waals surface area contributed by atoms with Crippen molar-refractivity contribution in [3.05, 3.63) is 29.8 Å². The molecule has 1 amide bonds. The first kappa shape index (κ1) is 15.1. The molecular weight excluding hydrogens is 292 g/mol. The van der Waals surface area contributed by atoms with E-state index in [2.05, 4.69) is 6.92 Å². The smallest absolute Gasteiger partial charge is 0.260 e. The number of benzene rings is 1. The molecule has 1 aliphatic heterocycles. The molecule has 0 bridgehead atoms. The van der Waals surface area contributed by atoms with Crippen molar-refractivity contribution in [2.45, 2.75) is 13.0 Å². The molecule has 1 unspecified atom stereocenters. The van der Waals surface area contributed by atoms with Gasteiger partial charge in [-0.15, -0.1) is 0 Å². The number of ether oxygens (including phenoxy) is 1. The molecule has 0 radical (unpaired) electrons. The molecule has 1 aliphatic rings. The molecule has 2 rings (SSSR count). The molecule has 1 aromatic rings. The summed E-state index contributed by atoms with van der Waals surface area (Å²) in [6.07, 6.45) is 0. The second-order valence-corrected chi connectivity index (χ2v) is 6.25. The molecule has 1 fully saturated rings. The van der Waals surface area contributed by atoms with Crippen LogP contribution in [0.5, 0.6) is 5.75 Å². The Labute approximate surface area is 128 Å². The third-order valence-electron chi connectivity index (χ3n) is 3.19. The van der Waals surface area contributed by atoms with E-state index in [1.54, 1.807) is 12.1 Å². The number of nitrogens with two attached hydrogens (primary N) is 1. The Morgan fingerprint density at radius 1 is 1.55 bits per heavy atom. The van der Waals surface area contributed by atoms with Gasteiger partial charge in [0.05, 0.1) is 5.56 Å². The highest BCUT2D eigenvalue weighted by Gasteiger charge is 2.23. The molecule has 2 N–H and O–H groups in total. The van der Waals surface area contributed by atoms with Crippen molar-refractivity contribution in [1.29, 1.82) is 0 Å². The van der Waals surface area contributed by atoms with Crippen LogP contribution in [0.15, 0.2) is 24.3 Å². The molecule has 1 heterocycles. The fourth-order valence-corrected chi connectivity index (χ4v) is 3.30. The zero-order valence-electron chi connectivity index (χ0n) is 11.4. The lowest BCUT2D eigenvalue weighted by Gasteiger charge is -2.33. The summed E-state index contributed by atoms with van der Waals surface area (Å²) in [6.45, 7) is 2.87. The Bertz CT molecular complexity index is 508. The molecule has 0 spiro atoms. The van der Waals surface area contributed by atoms with Crippen LogP contribution in [0.25, 0.3) is 0 Å². The molecule has 0 saturated carbocycles. The molecule has 0 aromatic heterocycles. The van der Waals surface area contributed by atoms with E-state index in [4.69, 9.17) is 22.7 Å². The van der Waals surface area contributed by atoms with Gasteiger partial charge in [-0.25, -0.2) is 0 Å². The summed E-state index contributed by atoms with van der Waals surface area (Å²) in [5, 5.41) is 0. The van der Waals surface area contributed by atoms with E-state index >= 15 is 0 Å². The molecule has 0 aliphatic carbocycles. The maximum Gasteiger partial charge on any atom is 0.260 e. The molecule has 4 nitrogen and oxygen atoms in total. The number of carbonyl (C=O) groups is 1. The number of thiocarbonyl (C=S) groups is 1. The van der Waals surface area contributed by atoms with Crippen LogP contribution in [0.4, 0.5) is 0 Å². The van der Waals surface area contributed by atoms with E-state index in [0.29, 0.717) is 11.3 Å². The van der Waals surface area contributed by atoms with Gasteiger partial charge >= 0.3 is 0 Å². The number of amides is 1. The molecular formula is C14H18N2O2S2. The maximum atomic E-state index is 12.2. The van der Waals surface area contributed by atoms with E-state index in [1.165, 1.54) is 0 Å². The number of para-hydroxylation sites is 1. The van der Waals surface area contributed by atoms with Crippen LogP contribution in [-0.4, -0.2) is 46.5 Å². The Kier molecular flexibility index (Phi) is 5.25. The standard InChI is InChI=1S/C14H18N2O2S2/c1-10-9-20-7-6-16(10)13(17)8-18-12-5-3-2-4-11(12)14(15)19/h2-5,10H,6-9H2,1H3,(H2,15,19). The lowest BCUT2D eigenvalue weighted by Crippen LogP contribution is -2.46. The third-order valence-corrected chi connectivity index (χ3v) is 4.60. The Balaban J connectivity index is 1.98. The number of hydrogen-bond donors (Lipinski definition) is 1. The molecule has 20 heavy (non-hydrogen) atoms. The van der Waals surface area contributed by atoms with E-state index in [1.807, 2.05) is 28.8 Å². The van der Waals surface area contributed by atoms with Crippen LogP contribution >= 0.6 is 24.0 Å². The fourth-order valence-electron chi connectivity index (χ4n) is 2.12. The molecule has 6 heteroatoms. The van der Waals surface area contributed by atoms with Crippen molar-refractivity contribution in [3.63, 3.8) is 0 Å². The normalized spacial score (nSPS) is 18.6. The number of rotatable bonds is 4. The molecule has 1 saturated heterocycles. The highest BCUT2D eigenvalue weighted by Crippen LogP contribution is 2.19. The second-order valence-electron chi connectivity index (χ2n) is 4.66. The quantitative estimate of drug-likeness (QED) is 0.857. The SMILES string of the molecule is CC1CSCCN1C(=O)COc1ccccc1C(N)=S. The van der Waals surface area contributed by atoms with Gasteiger partial charge in [0.2, 0.25) is 0 Å². The van der Waals surface area contributed by atoms with Gasteiger partial charge in [0.15, 0.2) is 6.61 Å². The van der Waals surface area contributed by atoms with E-state index in [9.17, 15) is 4.79 Å². The monoisotopic (exact) mass is 310 g/mol. The number of thioether (sulfide) groups is 1. The zero-order chi connectivity index (χ0) is 14.5. The first-order valence-electron chi connectivity index (χ1n) is 6.48. The minimum Gasteiger partial charge on any atom is -0.483 e. The van der Waals surface area contributed by atoms with Crippen molar-refractivity contribution < 1.29 is 9.53 Å². The molecule has 1 atom stereocenters. The predicted molar refractivity (Wildman–Crippen MR) is 86.3 cm³/mol. The zero-order valence-corrected chi connectivity index (χ0v) is 13.0. The van der Waals surface area contributed by atoms with Crippen molar-refractivity contribution in [2.75, 3.05) is 24.7 Å². The molecule has 108 valence electrons. The van der Waals surface area contributed by atoms with Crippen molar-refractivity contribution >= 4 is 34.9 Å². The van der Waals surface area contributed by atoms with E-state index in [-0.39, 0.29) is 23.5 Å². The van der Waals surface area contributed by atoms with Gasteiger partial charge in [-0.1, -0.05) is 24.4 Å². The topological polar surface area (TPSA) is 55.6 Å². The number of nitrogens with zero attached hydrogens (tertiary/aromatic N) is 1. The van der Waals surface area contributed by atoms with Crippen LogP contribution in [0.1, 0.15) is 12.5 Å². The summed E-state index contributed by atoms with van der Waals surface area (Å²) >= 11 is 6.85. The van der Waals surface area contributed by atoms with Crippen LogP contribution in [0, 0.1) is 0 Å². The van der Waals surface area contributed by atoms with Crippen LogP contribution in [0.3, 0.4) is 0 Å². The van der Waals surface area contributed by atoms with Gasteiger partial charge in [0, 0.05) is 24.1 Å². The summed E-state index contributed by atoms with van der Waals surface area (Å²) < 4.78 is 5.60. The summed E-state index contributed by atoms with van der Waals surface area (Å²) in [5.41, 5.74) is 6.30. The molecule has 1 aromatic carbocycles. The van der Waals surface area contributed by atoms with Gasteiger partial charge in [0.25, 0.3) is 5.91 Å². The summed E-state index contributed by atoms with van der Waals surface area (Å²) in [6, 6.07) is 7.50. The van der Waals surface area contributed by atoms with Gasteiger partial charge < -0.3 is 15.4 Å². The van der Waals surface area contributed by atoms with Gasteiger partial charge in [0.1, 0.15) is 10.7 Å². The average molecular weight is 310 g/mol. The van der Waals surface area contributed by atoms with E-state index < -0.39 is 0 Å². The second kappa shape index (κ2) is 6.95. The maximum absolute atomic E-state index is 12.2. The summed E-state index contributed by atoms with van der Waals surface area (Å²) in [7, 11) is 0. The van der Waals surface area contributed by atoms with E-state index in [0.717, 1.165) is 18.1 Å². The van der Waals surface area contributed by atoms with Gasteiger partial charge in [-0.05, 0) is 19.1 Å². The Hall–Kier alpha value is -1.27. The number of carbonyl (C=O) groups excluding carboxylic acids is 1. The van der Waals surface area contributed by atoms with Crippen LogP contribution in [0.2, 0.25) is 0 Å². The summed E-state index contributed by atoms with van der Waals surface area (Å²) in [5.74, 6) is 2.54. The Morgan fingerprint density at radius 3 is 3.00 bits per heavy atom. The van der Waals surface area contributed by atoms with Gasteiger partial charge in [-0.2, -0.15) is 11.8 Å². The largest absolute Gasteiger partial charge is 0.483 e. The lowest BCUT2D eigenvalue weighted by molar-refractivity contribution is -0.134.